The summed E-state index contributed by atoms with van der Waals surface area (Å²) in [6.45, 7) is 4.08. The van der Waals surface area contributed by atoms with Crippen molar-refractivity contribution in [3.05, 3.63) is 36.2 Å². The average Bonchev–Trinajstić information content (AvgIpc) is 3.02. The lowest BCUT2D eigenvalue weighted by Crippen LogP contribution is -2.21. The second-order valence-corrected chi connectivity index (χ2v) is 5.95. The molecule has 0 spiro atoms. The Balaban J connectivity index is 1.88. The molecule has 1 heterocycles. The fourth-order valence-corrected chi connectivity index (χ4v) is 2.27. The van der Waals surface area contributed by atoms with Gasteiger partial charge in [0.15, 0.2) is 0 Å². The lowest BCUT2D eigenvalue weighted by atomic mass is 10.0. The number of aromatic nitrogens is 2. The van der Waals surface area contributed by atoms with Crippen molar-refractivity contribution in [2.75, 3.05) is 5.32 Å². The third-order valence-electron chi connectivity index (χ3n) is 4.06. The first-order valence-corrected chi connectivity index (χ1v) is 6.89. The second-order valence-electron chi connectivity index (χ2n) is 5.95. The van der Waals surface area contributed by atoms with Crippen molar-refractivity contribution in [3.63, 3.8) is 0 Å². The minimum Gasteiger partial charge on any atom is -0.326 e. The molecule has 1 aliphatic rings. The first-order chi connectivity index (χ1) is 9.48. The standard InChI is InChI=1S/C16H19N3O/c1-11-4-5-13(18-15(20)16(2)6-7-16)8-14(11)12-9-17-19(3)10-12/h4-5,8-10H,6-7H2,1-3H3,(H,18,20). The maximum atomic E-state index is 12.1. The number of nitrogens with one attached hydrogen (secondary N) is 1. The van der Waals surface area contributed by atoms with Gasteiger partial charge in [0, 0.05) is 29.9 Å². The molecule has 1 fully saturated rings. The summed E-state index contributed by atoms with van der Waals surface area (Å²) in [7, 11) is 1.90. The lowest BCUT2D eigenvalue weighted by Gasteiger charge is -2.12. The Hall–Kier alpha value is -2.10. The number of carbonyl (C=O) groups is 1. The summed E-state index contributed by atoms with van der Waals surface area (Å²) >= 11 is 0. The van der Waals surface area contributed by atoms with E-state index in [1.807, 2.05) is 44.6 Å². The largest absolute Gasteiger partial charge is 0.326 e. The zero-order valence-electron chi connectivity index (χ0n) is 12.1. The fraction of sp³-hybridized carbons (Fsp3) is 0.375. The zero-order valence-corrected chi connectivity index (χ0v) is 12.1. The lowest BCUT2D eigenvalue weighted by molar-refractivity contribution is -0.120. The van der Waals surface area contributed by atoms with Gasteiger partial charge in [0.2, 0.25) is 5.91 Å². The molecule has 4 nitrogen and oxygen atoms in total. The van der Waals surface area contributed by atoms with E-state index in [2.05, 4.69) is 17.3 Å². The molecular weight excluding hydrogens is 250 g/mol. The van der Waals surface area contributed by atoms with Gasteiger partial charge in [0.25, 0.3) is 0 Å². The van der Waals surface area contributed by atoms with Gasteiger partial charge in [-0.25, -0.2) is 0 Å². The molecule has 1 aromatic heterocycles. The van der Waals surface area contributed by atoms with Crippen molar-refractivity contribution in [2.24, 2.45) is 12.5 Å². The molecule has 0 aliphatic heterocycles. The topological polar surface area (TPSA) is 46.9 Å². The Labute approximate surface area is 118 Å². The molecule has 3 rings (SSSR count). The molecule has 1 aromatic carbocycles. The molecule has 0 bridgehead atoms. The van der Waals surface area contributed by atoms with Gasteiger partial charge in [0.05, 0.1) is 6.20 Å². The molecule has 1 aliphatic carbocycles. The van der Waals surface area contributed by atoms with Crippen molar-refractivity contribution in [2.45, 2.75) is 26.7 Å². The van der Waals surface area contributed by atoms with Gasteiger partial charge < -0.3 is 5.32 Å². The Bertz CT molecular complexity index is 668. The number of rotatable bonds is 3. The van der Waals surface area contributed by atoms with Crippen LogP contribution in [0.3, 0.4) is 0 Å². The van der Waals surface area contributed by atoms with Crippen LogP contribution < -0.4 is 5.32 Å². The van der Waals surface area contributed by atoms with Crippen LogP contribution in [0, 0.1) is 12.3 Å². The van der Waals surface area contributed by atoms with Crippen molar-refractivity contribution >= 4 is 11.6 Å². The summed E-state index contributed by atoms with van der Waals surface area (Å²) in [6.07, 6.45) is 5.80. The number of carbonyl (C=O) groups excluding carboxylic acids is 1. The van der Waals surface area contributed by atoms with E-state index < -0.39 is 0 Å². The van der Waals surface area contributed by atoms with Crippen molar-refractivity contribution in [1.82, 2.24) is 9.78 Å². The smallest absolute Gasteiger partial charge is 0.230 e. The minimum atomic E-state index is -0.153. The Morgan fingerprint density at radius 1 is 1.40 bits per heavy atom. The number of anilines is 1. The Morgan fingerprint density at radius 3 is 2.75 bits per heavy atom. The van der Waals surface area contributed by atoms with Crippen LogP contribution in [-0.4, -0.2) is 15.7 Å². The predicted molar refractivity (Wildman–Crippen MR) is 79.4 cm³/mol. The van der Waals surface area contributed by atoms with Gasteiger partial charge in [-0.1, -0.05) is 13.0 Å². The van der Waals surface area contributed by atoms with Crippen molar-refractivity contribution in [3.8, 4) is 11.1 Å². The maximum absolute atomic E-state index is 12.1. The highest BCUT2D eigenvalue weighted by Crippen LogP contribution is 2.45. The molecule has 104 valence electrons. The zero-order chi connectivity index (χ0) is 14.3. The minimum absolute atomic E-state index is 0.124. The SMILES string of the molecule is Cc1ccc(NC(=O)C2(C)CC2)cc1-c1cnn(C)c1. The van der Waals surface area contributed by atoms with E-state index in [4.69, 9.17) is 0 Å². The quantitative estimate of drug-likeness (QED) is 0.930. The predicted octanol–water partition coefficient (Wildman–Crippen LogP) is 3.13. The van der Waals surface area contributed by atoms with Gasteiger partial charge in [-0.15, -0.1) is 0 Å². The molecule has 2 aromatic rings. The highest BCUT2D eigenvalue weighted by Gasteiger charge is 2.44. The van der Waals surface area contributed by atoms with Crippen LogP contribution in [-0.2, 0) is 11.8 Å². The molecule has 0 atom stereocenters. The Kier molecular flexibility index (Phi) is 2.89. The van der Waals surface area contributed by atoms with Crippen molar-refractivity contribution in [1.29, 1.82) is 0 Å². The van der Waals surface area contributed by atoms with Gasteiger partial charge in [-0.3, -0.25) is 9.48 Å². The van der Waals surface area contributed by atoms with Gasteiger partial charge in [0.1, 0.15) is 0 Å². The normalized spacial score (nSPS) is 15.9. The van der Waals surface area contributed by atoms with Crippen LogP contribution in [0.2, 0.25) is 0 Å². The molecule has 0 saturated heterocycles. The van der Waals surface area contributed by atoms with E-state index in [-0.39, 0.29) is 11.3 Å². The molecule has 1 saturated carbocycles. The third kappa shape index (κ3) is 2.33. The fourth-order valence-electron chi connectivity index (χ4n) is 2.27. The number of benzene rings is 1. The summed E-state index contributed by atoms with van der Waals surface area (Å²) in [6, 6.07) is 6.02. The summed E-state index contributed by atoms with van der Waals surface area (Å²) in [5, 5.41) is 7.23. The second kappa shape index (κ2) is 4.47. The van der Waals surface area contributed by atoms with Crippen LogP contribution in [0.25, 0.3) is 11.1 Å². The van der Waals surface area contributed by atoms with Crippen LogP contribution >= 0.6 is 0 Å². The number of nitrogens with zero attached hydrogens (tertiary/aromatic N) is 2. The van der Waals surface area contributed by atoms with E-state index in [0.29, 0.717) is 0 Å². The molecule has 0 radical (unpaired) electrons. The van der Waals surface area contributed by atoms with Gasteiger partial charge >= 0.3 is 0 Å². The molecule has 0 unspecified atom stereocenters. The number of hydrogen-bond donors (Lipinski definition) is 1. The monoisotopic (exact) mass is 269 g/mol. The van der Waals surface area contributed by atoms with E-state index >= 15 is 0 Å². The maximum Gasteiger partial charge on any atom is 0.230 e. The molecule has 20 heavy (non-hydrogen) atoms. The summed E-state index contributed by atoms with van der Waals surface area (Å²) in [5.74, 6) is 0.124. The molecule has 1 amide bonds. The molecule has 1 N–H and O–H groups in total. The van der Waals surface area contributed by atoms with E-state index in [9.17, 15) is 4.79 Å². The summed E-state index contributed by atoms with van der Waals surface area (Å²) < 4.78 is 1.78. The van der Waals surface area contributed by atoms with Crippen LogP contribution in [0.15, 0.2) is 30.6 Å². The first-order valence-electron chi connectivity index (χ1n) is 6.89. The van der Waals surface area contributed by atoms with E-state index in [1.54, 1.807) is 4.68 Å². The number of aryl methyl sites for hydroxylation is 2. The van der Waals surface area contributed by atoms with Gasteiger partial charge in [-0.2, -0.15) is 5.10 Å². The molecule has 4 heteroatoms. The van der Waals surface area contributed by atoms with E-state index in [1.165, 1.54) is 5.56 Å². The number of hydrogen-bond acceptors (Lipinski definition) is 2. The van der Waals surface area contributed by atoms with Gasteiger partial charge in [-0.05, 0) is 43.0 Å². The Morgan fingerprint density at radius 2 is 2.15 bits per heavy atom. The van der Waals surface area contributed by atoms with Crippen LogP contribution in [0.1, 0.15) is 25.3 Å². The number of amides is 1. The van der Waals surface area contributed by atoms with Crippen molar-refractivity contribution < 1.29 is 4.79 Å². The summed E-state index contributed by atoms with van der Waals surface area (Å²) in [4.78, 5) is 12.1. The van der Waals surface area contributed by atoms with E-state index in [0.717, 1.165) is 29.7 Å². The first kappa shape index (κ1) is 12.9. The van der Waals surface area contributed by atoms with Crippen LogP contribution in [0.5, 0.6) is 0 Å². The summed E-state index contributed by atoms with van der Waals surface area (Å²) in [5.41, 5.74) is 4.05. The highest BCUT2D eigenvalue weighted by molar-refractivity contribution is 5.97. The van der Waals surface area contributed by atoms with Crippen LogP contribution in [0.4, 0.5) is 5.69 Å². The third-order valence-corrected chi connectivity index (χ3v) is 4.06. The highest BCUT2D eigenvalue weighted by atomic mass is 16.2. The average molecular weight is 269 g/mol. The molecular formula is C16H19N3O.